The Kier molecular flexibility index (Phi) is 5.93. The lowest BCUT2D eigenvalue weighted by molar-refractivity contribution is -0.138. The third-order valence-corrected chi connectivity index (χ3v) is 4.90. The number of aliphatic carboxylic acids is 1. The highest BCUT2D eigenvalue weighted by Crippen LogP contribution is 2.27. The molecule has 1 aliphatic carbocycles. The van der Waals surface area contributed by atoms with Crippen molar-refractivity contribution < 1.29 is 19.4 Å². The Bertz CT molecular complexity index is 779. The Morgan fingerprint density at radius 3 is 2.77 bits per heavy atom. The number of hydrogen-bond donors (Lipinski definition) is 2. The van der Waals surface area contributed by atoms with Crippen molar-refractivity contribution in [3.8, 4) is 5.75 Å². The third-order valence-electron chi connectivity index (χ3n) is 4.90. The Morgan fingerprint density at radius 2 is 2.04 bits per heavy atom. The minimum Gasteiger partial charge on any atom is -0.481 e. The van der Waals surface area contributed by atoms with Crippen LogP contribution in [0.5, 0.6) is 5.75 Å². The van der Waals surface area contributed by atoms with Gasteiger partial charge in [-0.05, 0) is 56.8 Å². The molecule has 1 saturated carbocycles. The van der Waals surface area contributed by atoms with E-state index in [0.29, 0.717) is 18.6 Å². The van der Waals surface area contributed by atoms with Gasteiger partial charge in [0.05, 0.1) is 0 Å². The van der Waals surface area contributed by atoms with E-state index in [0.717, 1.165) is 29.9 Å². The summed E-state index contributed by atoms with van der Waals surface area (Å²) in [5, 5.41) is 9.76. The maximum Gasteiger partial charge on any atom is 0.311 e. The average molecular weight is 358 g/mol. The number of rotatable bonds is 10. The fourth-order valence-electron chi connectivity index (χ4n) is 3.16. The highest BCUT2D eigenvalue weighted by molar-refractivity contribution is 5.85. The molecule has 1 fully saturated rings. The van der Waals surface area contributed by atoms with Crippen LogP contribution in [-0.2, 0) is 16.0 Å². The monoisotopic (exact) mass is 358 g/mol. The highest BCUT2D eigenvalue weighted by Gasteiger charge is 2.25. The molecular weight excluding hydrogens is 332 g/mol. The fraction of sp³-hybridized carbons (Fsp3) is 0.500. The van der Waals surface area contributed by atoms with Crippen LogP contribution < -0.4 is 4.74 Å². The normalized spacial score (nSPS) is 14.1. The van der Waals surface area contributed by atoms with Gasteiger partial charge in [-0.3, -0.25) is 9.59 Å². The number of carbonyl (C=O) groups is 2. The molecule has 6 heteroatoms. The number of unbranched alkanes of at least 4 members (excludes halogenated alkanes) is 1. The van der Waals surface area contributed by atoms with E-state index in [4.69, 9.17) is 9.84 Å². The van der Waals surface area contributed by atoms with E-state index in [1.165, 1.54) is 18.4 Å². The molecule has 0 radical (unpaired) electrons. The molecule has 3 rings (SSSR count). The van der Waals surface area contributed by atoms with Crippen molar-refractivity contribution in [2.75, 3.05) is 13.6 Å². The topological polar surface area (TPSA) is 82.6 Å². The number of fused-ring (bicyclic) bond motifs is 1. The first-order chi connectivity index (χ1) is 12.5. The predicted octanol–water partition coefficient (Wildman–Crippen LogP) is 3.36. The van der Waals surface area contributed by atoms with Crippen molar-refractivity contribution in [3.63, 3.8) is 0 Å². The number of aromatic amines is 1. The van der Waals surface area contributed by atoms with Crippen LogP contribution in [0.3, 0.4) is 0 Å². The fourth-order valence-corrected chi connectivity index (χ4v) is 3.16. The van der Waals surface area contributed by atoms with Gasteiger partial charge in [0, 0.05) is 48.6 Å². The van der Waals surface area contributed by atoms with Crippen molar-refractivity contribution >= 4 is 22.8 Å². The first-order valence-electron chi connectivity index (χ1n) is 9.25. The van der Waals surface area contributed by atoms with Crippen LogP contribution in [0.1, 0.15) is 44.1 Å². The zero-order chi connectivity index (χ0) is 18.5. The summed E-state index contributed by atoms with van der Waals surface area (Å²) in [4.78, 5) is 28.0. The molecule has 1 aliphatic rings. The van der Waals surface area contributed by atoms with Crippen LogP contribution in [0, 0.1) is 0 Å². The summed E-state index contributed by atoms with van der Waals surface area (Å²) in [7, 11) is 2.18. The maximum absolute atomic E-state index is 11.9. The zero-order valence-corrected chi connectivity index (χ0v) is 15.2. The summed E-state index contributed by atoms with van der Waals surface area (Å²) >= 11 is 0. The molecule has 1 aromatic heterocycles. The molecule has 6 nitrogen and oxygen atoms in total. The molecule has 0 spiro atoms. The molecule has 0 aliphatic heterocycles. The molecule has 26 heavy (non-hydrogen) atoms. The second-order valence-electron chi connectivity index (χ2n) is 7.06. The molecule has 1 heterocycles. The molecule has 0 bridgehead atoms. The van der Waals surface area contributed by atoms with Crippen molar-refractivity contribution in [1.29, 1.82) is 0 Å². The summed E-state index contributed by atoms with van der Waals surface area (Å²) in [5.41, 5.74) is 2.24. The van der Waals surface area contributed by atoms with Crippen LogP contribution in [0.2, 0.25) is 0 Å². The number of H-pyrrole nitrogens is 1. The van der Waals surface area contributed by atoms with Crippen LogP contribution in [0.25, 0.3) is 10.9 Å². The smallest absolute Gasteiger partial charge is 0.311 e. The summed E-state index contributed by atoms with van der Waals surface area (Å²) in [5.74, 6) is -0.647. The first kappa shape index (κ1) is 18.5. The molecule has 0 amide bonds. The van der Waals surface area contributed by atoms with E-state index >= 15 is 0 Å². The van der Waals surface area contributed by atoms with E-state index in [9.17, 15) is 9.59 Å². The molecule has 2 N–H and O–H groups in total. The number of benzene rings is 1. The molecule has 2 aromatic rings. The standard InChI is InChI=1S/C20H26N2O4/c1-22(15-6-7-15)11-10-14-13-21-18-12-16(8-9-17(14)18)26-20(25)5-3-2-4-19(23)24/h8-9,12-13,15,21H,2-7,10-11H2,1H3,(H,23,24). The Morgan fingerprint density at radius 1 is 1.27 bits per heavy atom. The minimum atomic E-state index is -0.838. The van der Waals surface area contributed by atoms with Gasteiger partial charge in [0.15, 0.2) is 0 Å². The summed E-state index contributed by atoms with van der Waals surface area (Å²) in [6.07, 6.45) is 6.98. The Hall–Kier alpha value is -2.34. The number of carbonyl (C=O) groups excluding carboxylic acids is 1. The number of nitrogens with one attached hydrogen (secondary N) is 1. The molecular formula is C20H26N2O4. The number of nitrogens with zero attached hydrogens (tertiary/aromatic N) is 1. The molecule has 0 atom stereocenters. The molecule has 0 unspecified atom stereocenters. The van der Waals surface area contributed by atoms with Gasteiger partial charge in [0.1, 0.15) is 5.75 Å². The van der Waals surface area contributed by atoms with E-state index < -0.39 is 5.97 Å². The van der Waals surface area contributed by atoms with E-state index in [-0.39, 0.29) is 18.8 Å². The number of aromatic nitrogens is 1. The minimum absolute atomic E-state index is 0.0838. The van der Waals surface area contributed by atoms with Gasteiger partial charge in [-0.15, -0.1) is 0 Å². The van der Waals surface area contributed by atoms with Crippen LogP contribution >= 0.6 is 0 Å². The number of carboxylic acids is 1. The van der Waals surface area contributed by atoms with Crippen LogP contribution in [-0.4, -0.2) is 46.6 Å². The van der Waals surface area contributed by atoms with Crippen molar-refractivity contribution in [2.45, 2.75) is 51.0 Å². The Labute approximate surface area is 153 Å². The molecule has 140 valence electrons. The summed E-state index contributed by atoms with van der Waals surface area (Å²) < 4.78 is 5.36. The van der Waals surface area contributed by atoms with Crippen LogP contribution in [0.4, 0.5) is 0 Å². The van der Waals surface area contributed by atoms with Crippen molar-refractivity contribution in [2.24, 2.45) is 0 Å². The van der Waals surface area contributed by atoms with Gasteiger partial charge < -0.3 is 19.7 Å². The van der Waals surface area contributed by atoms with Crippen molar-refractivity contribution in [3.05, 3.63) is 30.0 Å². The second-order valence-corrected chi connectivity index (χ2v) is 7.06. The first-order valence-corrected chi connectivity index (χ1v) is 9.25. The number of ether oxygens (including phenoxy) is 1. The number of esters is 1. The largest absolute Gasteiger partial charge is 0.481 e. The van der Waals surface area contributed by atoms with Gasteiger partial charge in [-0.1, -0.05) is 0 Å². The Balaban J connectivity index is 1.52. The van der Waals surface area contributed by atoms with Gasteiger partial charge >= 0.3 is 11.9 Å². The number of hydrogen-bond acceptors (Lipinski definition) is 4. The van der Waals surface area contributed by atoms with Gasteiger partial charge in [-0.2, -0.15) is 0 Å². The van der Waals surface area contributed by atoms with E-state index in [1.807, 2.05) is 24.4 Å². The lowest BCUT2D eigenvalue weighted by atomic mass is 10.1. The number of likely N-dealkylation sites (N-methyl/N-ethyl adjacent to an activating group) is 1. The maximum atomic E-state index is 11.9. The predicted molar refractivity (Wildman–Crippen MR) is 99.4 cm³/mol. The van der Waals surface area contributed by atoms with Gasteiger partial charge in [0.2, 0.25) is 0 Å². The van der Waals surface area contributed by atoms with E-state index in [1.54, 1.807) is 0 Å². The lowest BCUT2D eigenvalue weighted by Gasteiger charge is -2.14. The van der Waals surface area contributed by atoms with Crippen molar-refractivity contribution in [1.82, 2.24) is 9.88 Å². The summed E-state index contributed by atoms with van der Waals surface area (Å²) in [6.45, 7) is 1.05. The molecule has 1 aromatic carbocycles. The quantitative estimate of drug-likeness (QED) is 0.387. The van der Waals surface area contributed by atoms with Gasteiger partial charge in [0.25, 0.3) is 0 Å². The number of carboxylic acid groups (broad SMARTS) is 1. The van der Waals surface area contributed by atoms with Gasteiger partial charge in [-0.25, -0.2) is 0 Å². The van der Waals surface area contributed by atoms with E-state index in [2.05, 4.69) is 16.9 Å². The zero-order valence-electron chi connectivity index (χ0n) is 15.2. The summed E-state index contributed by atoms with van der Waals surface area (Å²) in [6, 6.07) is 6.42. The molecule has 0 saturated heterocycles. The highest BCUT2D eigenvalue weighted by atomic mass is 16.5. The second kappa shape index (κ2) is 8.36. The average Bonchev–Trinajstić information content (AvgIpc) is 3.38. The van der Waals surface area contributed by atoms with Crippen LogP contribution in [0.15, 0.2) is 24.4 Å². The lowest BCUT2D eigenvalue weighted by Crippen LogP contribution is -2.23. The SMILES string of the molecule is CN(CCc1c[nH]c2cc(OC(=O)CCCCC(=O)O)ccc12)C1CC1. The third kappa shape index (κ3) is 5.08.